The zero-order valence-electron chi connectivity index (χ0n) is 15.7. The Bertz CT molecular complexity index is 1290. The minimum atomic E-state index is -1.42. The van der Waals surface area contributed by atoms with Crippen molar-refractivity contribution in [2.24, 2.45) is 0 Å². The summed E-state index contributed by atoms with van der Waals surface area (Å²) in [6, 6.07) is 0.827. The summed E-state index contributed by atoms with van der Waals surface area (Å²) in [7, 11) is 0. The zero-order valence-corrected chi connectivity index (χ0v) is 15.7. The summed E-state index contributed by atoms with van der Waals surface area (Å²) in [6.45, 7) is 0.500. The minimum Gasteiger partial charge on any atom is -0.477 e. The third-order valence-electron chi connectivity index (χ3n) is 5.62. The molecule has 2 aliphatic rings. The van der Waals surface area contributed by atoms with Crippen LogP contribution in [-0.2, 0) is 13.0 Å². The van der Waals surface area contributed by atoms with Gasteiger partial charge in [0, 0.05) is 43.5 Å². The molecule has 0 atom stereocenters. The van der Waals surface area contributed by atoms with E-state index < -0.39 is 28.6 Å². The summed E-state index contributed by atoms with van der Waals surface area (Å²) in [4.78, 5) is 33.7. The molecule has 0 unspecified atom stereocenters. The number of carboxylic acid groups (broad SMARTS) is 1. The van der Waals surface area contributed by atoms with Gasteiger partial charge in [0.2, 0.25) is 11.4 Å². The molecule has 0 amide bonds. The van der Waals surface area contributed by atoms with Crippen molar-refractivity contribution in [1.29, 1.82) is 0 Å². The van der Waals surface area contributed by atoms with Crippen molar-refractivity contribution in [3.63, 3.8) is 0 Å². The number of benzene rings is 1. The molecule has 1 aliphatic carbocycles. The van der Waals surface area contributed by atoms with Crippen LogP contribution < -0.4 is 16.1 Å². The minimum absolute atomic E-state index is 0.0664. The maximum absolute atomic E-state index is 15.7. The molecule has 1 aliphatic heterocycles. The van der Waals surface area contributed by atoms with Crippen molar-refractivity contribution >= 4 is 28.5 Å². The zero-order chi connectivity index (χ0) is 21.2. The Morgan fingerprint density at radius 3 is 2.77 bits per heavy atom. The van der Waals surface area contributed by atoms with E-state index in [0.29, 0.717) is 13.0 Å². The largest absolute Gasteiger partial charge is 0.477 e. The van der Waals surface area contributed by atoms with E-state index in [9.17, 15) is 14.7 Å². The van der Waals surface area contributed by atoms with Gasteiger partial charge in [0.1, 0.15) is 17.1 Å². The molecular formula is C20H17F2N5O3. The average Bonchev–Trinajstić information content (AvgIpc) is 3.53. The van der Waals surface area contributed by atoms with Gasteiger partial charge < -0.3 is 20.3 Å². The van der Waals surface area contributed by atoms with Crippen molar-refractivity contribution in [2.75, 3.05) is 17.2 Å². The Morgan fingerprint density at radius 2 is 2.07 bits per heavy atom. The average molecular weight is 413 g/mol. The Hall–Kier alpha value is -3.56. The number of aromatic nitrogens is 3. The molecule has 0 radical (unpaired) electrons. The van der Waals surface area contributed by atoms with E-state index in [1.165, 1.54) is 4.57 Å². The van der Waals surface area contributed by atoms with Gasteiger partial charge in [-0.15, -0.1) is 0 Å². The highest BCUT2D eigenvalue weighted by atomic mass is 19.1. The lowest BCUT2D eigenvalue weighted by Crippen LogP contribution is -2.33. The van der Waals surface area contributed by atoms with Gasteiger partial charge in [-0.05, 0) is 18.9 Å². The van der Waals surface area contributed by atoms with Crippen LogP contribution in [0.25, 0.3) is 10.9 Å². The van der Waals surface area contributed by atoms with E-state index in [2.05, 4.69) is 9.97 Å². The molecule has 0 saturated heterocycles. The Kier molecular flexibility index (Phi) is 3.99. The Labute approximate surface area is 168 Å². The molecule has 30 heavy (non-hydrogen) atoms. The third-order valence-corrected chi connectivity index (χ3v) is 5.62. The highest BCUT2D eigenvalue weighted by Gasteiger charge is 2.32. The van der Waals surface area contributed by atoms with E-state index in [4.69, 9.17) is 5.73 Å². The van der Waals surface area contributed by atoms with Crippen LogP contribution in [0.5, 0.6) is 0 Å². The van der Waals surface area contributed by atoms with E-state index in [-0.39, 0.29) is 35.1 Å². The third kappa shape index (κ3) is 2.78. The summed E-state index contributed by atoms with van der Waals surface area (Å²) in [5.41, 5.74) is 5.35. The first-order valence-corrected chi connectivity index (χ1v) is 9.50. The molecule has 8 nitrogen and oxygen atoms in total. The van der Waals surface area contributed by atoms with Crippen LogP contribution in [0, 0.1) is 11.6 Å². The van der Waals surface area contributed by atoms with Gasteiger partial charge in [-0.1, -0.05) is 0 Å². The SMILES string of the molecule is Nc1ncc2c(n1)CCN(c1c(F)cc3c(=O)c(C(=O)O)cn(C4CC4)c3c1F)C2. The molecule has 10 heteroatoms. The number of nitrogen functional groups attached to an aromatic ring is 1. The van der Waals surface area contributed by atoms with Crippen LogP contribution in [0.15, 0.2) is 23.3 Å². The number of fused-ring (bicyclic) bond motifs is 2. The van der Waals surface area contributed by atoms with Crippen molar-refractivity contribution in [2.45, 2.75) is 31.8 Å². The molecule has 5 rings (SSSR count). The molecule has 0 spiro atoms. The maximum Gasteiger partial charge on any atom is 0.341 e. The summed E-state index contributed by atoms with van der Waals surface area (Å²) in [5.74, 6) is -3.06. The van der Waals surface area contributed by atoms with Crippen LogP contribution in [0.1, 0.15) is 40.5 Å². The quantitative estimate of drug-likeness (QED) is 0.677. The number of halogens is 2. The number of hydrogen-bond acceptors (Lipinski definition) is 6. The van der Waals surface area contributed by atoms with Gasteiger partial charge >= 0.3 is 5.97 Å². The second-order valence-corrected chi connectivity index (χ2v) is 7.60. The fourth-order valence-electron chi connectivity index (χ4n) is 4.04. The first-order chi connectivity index (χ1) is 14.3. The molecule has 3 aromatic rings. The summed E-state index contributed by atoms with van der Waals surface area (Å²) >= 11 is 0. The molecule has 1 saturated carbocycles. The lowest BCUT2D eigenvalue weighted by Gasteiger charge is -2.31. The molecule has 3 N–H and O–H groups in total. The van der Waals surface area contributed by atoms with Crippen molar-refractivity contribution in [1.82, 2.24) is 14.5 Å². The fourth-order valence-corrected chi connectivity index (χ4v) is 4.04. The van der Waals surface area contributed by atoms with Gasteiger partial charge in [0.25, 0.3) is 0 Å². The molecule has 2 aromatic heterocycles. The Balaban J connectivity index is 1.70. The van der Waals surface area contributed by atoms with Crippen LogP contribution >= 0.6 is 0 Å². The maximum atomic E-state index is 15.7. The Morgan fingerprint density at radius 1 is 1.30 bits per heavy atom. The van der Waals surface area contributed by atoms with Gasteiger partial charge in [0.05, 0.1) is 16.6 Å². The normalized spacial score (nSPS) is 16.0. The van der Waals surface area contributed by atoms with Gasteiger partial charge in [-0.25, -0.2) is 23.5 Å². The monoisotopic (exact) mass is 413 g/mol. The van der Waals surface area contributed by atoms with Crippen molar-refractivity contribution in [3.05, 3.63) is 57.1 Å². The summed E-state index contributed by atoms with van der Waals surface area (Å²) < 4.78 is 32.2. The lowest BCUT2D eigenvalue weighted by molar-refractivity contribution is 0.0694. The number of pyridine rings is 1. The second-order valence-electron chi connectivity index (χ2n) is 7.60. The standard InChI is InChI=1S/C20H17F2N5O3/c21-13-5-11-16(27(10-1-2-10)8-12(18(11)28)19(29)30)15(22)17(13)26-4-3-14-9(7-26)6-24-20(23)25-14/h5-6,8,10H,1-4,7H2,(H,29,30)(H2,23,24,25). The number of aromatic carboxylic acids is 1. The topological polar surface area (TPSA) is 114 Å². The highest BCUT2D eigenvalue weighted by Crippen LogP contribution is 2.40. The van der Waals surface area contributed by atoms with E-state index in [1.54, 1.807) is 11.1 Å². The van der Waals surface area contributed by atoms with Crippen LogP contribution in [0.2, 0.25) is 0 Å². The number of rotatable bonds is 3. The smallest absolute Gasteiger partial charge is 0.341 e. The molecule has 1 aromatic carbocycles. The first-order valence-electron chi connectivity index (χ1n) is 9.50. The fraction of sp³-hybridized carbons (Fsp3) is 0.300. The molecule has 3 heterocycles. The summed E-state index contributed by atoms with van der Waals surface area (Å²) in [6.07, 6.45) is 4.61. The molecule has 154 valence electrons. The van der Waals surface area contributed by atoms with Crippen LogP contribution in [-0.4, -0.2) is 32.2 Å². The van der Waals surface area contributed by atoms with Gasteiger partial charge in [-0.2, -0.15) is 0 Å². The molecule has 1 fully saturated rings. The number of anilines is 2. The highest BCUT2D eigenvalue weighted by molar-refractivity contribution is 5.94. The van der Waals surface area contributed by atoms with Gasteiger partial charge in [0.15, 0.2) is 5.82 Å². The number of nitrogens with zero attached hydrogens (tertiary/aromatic N) is 4. The van der Waals surface area contributed by atoms with Crippen LogP contribution in [0.3, 0.4) is 0 Å². The number of nitrogens with two attached hydrogens (primary N) is 1. The molecule has 0 bridgehead atoms. The predicted octanol–water partition coefficient (Wildman–Crippen LogP) is 2.25. The van der Waals surface area contributed by atoms with E-state index >= 15 is 8.78 Å². The van der Waals surface area contributed by atoms with E-state index in [0.717, 1.165) is 36.4 Å². The van der Waals surface area contributed by atoms with E-state index in [1.807, 2.05) is 0 Å². The second kappa shape index (κ2) is 6.48. The summed E-state index contributed by atoms with van der Waals surface area (Å²) in [5, 5.41) is 9.06. The van der Waals surface area contributed by atoms with Gasteiger partial charge in [-0.3, -0.25) is 4.79 Å². The number of carbonyl (C=O) groups is 1. The molecular weight excluding hydrogens is 396 g/mol. The number of hydrogen-bond donors (Lipinski definition) is 2. The lowest BCUT2D eigenvalue weighted by atomic mass is 10.0. The predicted molar refractivity (Wildman–Crippen MR) is 105 cm³/mol. The van der Waals surface area contributed by atoms with Crippen molar-refractivity contribution in [3.8, 4) is 0 Å². The van der Waals surface area contributed by atoms with Crippen LogP contribution in [0.4, 0.5) is 20.4 Å². The number of carboxylic acids is 1. The first kappa shape index (κ1) is 18.5. The van der Waals surface area contributed by atoms with Crippen molar-refractivity contribution < 1.29 is 18.7 Å².